The lowest BCUT2D eigenvalue weighted by Gasteiger charge is -2.54. The van der Waals surface area contributed by atoms with Gasteiger partial charge in [0.15, 0.2) is 13.2 Å². The molecule has 0 aromatic heterocycles. The number of halogens is 1. The average Bonchev–Trinajstić information content (AvgIpc) is 3.62. The lowest BCUT2D eigenvalue weighted by Crippen LogP contribution is -2.65. The number of carbonyl (C=O) groups is 1. The van der Waals surface area contributed by atoms with Crippen LogP contribution in [0.5, 0.6) is 0 Å². The van der Waals surface area contributed by atoms with Crippen LogP contribution in [0.1, 0.15) is 43.7 Å². The monoisotopic (exact) mass is 724 g/mol. The van der Waals surface area contributed by atoms with Crippen LogP contribution in [0.3, 0.4) is 0 Å². The maximum atomic E-state index is 13.8. The summed E-state index contributed by atoms with van der Waals surface area (Å²) in [7, 11) is -4.96. The van der Waals surface area contributed by atoms with Crippen LogP contribution in [0.25, 0.3) is 0 Å². The molecular weight excluding hydrogens is 676 g/mol. The second-order valence-electron chi connectivity index (χ2n) is 15.2. The number of aryl methyl sites for hydroxylation is 1. The number of rotatable bonds is 12. The van der Waals surface area contributed by atoms with Crippen molar-refractivity contribution in [3.63, 3.8) is 0 Å². The van der Waals surface area contributed by atoms with Gasteiger partial charge in [0.05, 0.1) is 36.0 Å². The van der Waals surface area contributed by atoms with E-state index in [1.165, 1.54) is 12.7 Å². The average molecular weight is 725 g/mol. The summed E-state index contributed by atoms with van der Waals surface area (Å²) in [5.74, 6) is -0.659. The van der Waals surface area contributed by atoms with E-state index in [0.29, 0.717) is 12.8 Å². The lowest BCUT2D eigenvalue weighted by molar-refractivity contribution is -0.143. The molecule has 2 heterocycles. The first kappa shape index (κ1) is 36.2. The molecule has 6 rings (SSSR count). The molecule has 0 N–H and O–H groups in total. The Bertz CT molecular complexity index is 1740. The van der Waals surface area contributed by atoms with Crippen LogP contribution in [0.2, 0.25) is 19.6 Å². The van der Waals surface area contributed by atoms with Gasteiger partial charge in [-0.25, -0.2) is 4.79 Å². The van der Waals surface area contributed by atoms with Crippen LogP contribution >= 0.6 is 11.6 Å². The maximum Gasteiger partial charge on any atom is 0.332 e. The number of carbonyl (C=O) groups excluding carboxylic acids is 1. The van der Waals surface area contributed by atoms with Gasteiger partial charge in [0.2, 0.25) is 0 Å². The predicted molar refractivity (Wildman–Crippen MR) is 196 cm³/mol. The number of ether oxygens (including phenoxy) is 1. The molecule has 264 valence electrons. The number of fused-ring (bicyclic) bond motifs is 1. The smallest absolute Gasteiger partial charge is 0.332 e. The molecule has 0 radical (unpaired) electrons. The van der Waals surface area contributed by atoms with Gasteiger partial charge in [-0.15, -0.1) is 11.6 Å². The molecule has 7 atom stereocenters. The number of hydrogen-bond acceptors (Lipinski definition) is 8. The van der Waals surface area contributed by atoms with Gasteiger partial charge in [0, 0.05) is 23.9 Å². The molecule has 0 bridgehead atoms. The maximum absolute atomic E-state index is 13.8. The fourth-order valence-electron chi connectivity index (χ4n) is 9.00. The van der Waals surface area contributed by atoms with E-state index in [-0.39, 0.29) is 41.8 Å². The van der Waals surface area contributed by atoms with Crippen molar-refractivity contribution < 1.29 is 26.6 Å². The molecule has 2 fully saturated rings. The number of allylic oxidation sites excluding steroid dienone is 2. The topological polar surface area (TPSA) is 94.5 Å². The number of methoxy groups -OCH3 is 1. The Hall–Kier alpha value is -2.60. The molecular formula is C38H49ClN2O6SSi. The highest BCUT2D eigenvalue weighted by atomic mass is 35.5. The minimum Gasteiger partial charge on any atom is -0.467 e. The molecule has 11 heteroatoms. The molecule has 2 aliphatic carbocycles. The number of likely N-dealkylation sites (tertiary alicyclic amines) is 1. The summed E-state index contributed by atoms with van der Waals surface area (Å²) in [5.41, 5.74) is 1.41. The highest BCUT2D eigenvalue weighted by Gasteiger charge is 2.71. The van der Waals surface area contributed by atoms with Crippen molar-refractivity contribution in [3.05, 3.63) is 90.0 Å². The van der Waals surface area contributed by atoms with Crippen LogP contribution < -0.4 is 0 Å². The zero-order valence-electron chi connectivity index (χ0n) is 29.4. The minimum absolute atomic E-state index is 0.0240. The number of esters is 1. The van der Waals surface area contributed by atoms with Crippen molar-refractivity contribution in [1.29, 1.82) is 0 Å². The summed E-state index contributed by atoms with van der Waals surface area (Å²) in [4.78, 5) is 20.2. The van der Waals surface area contributed by atoms with Crippen LogP contribution in [0, 0.1) is 24.2 Å². The first-order chi connectivity index (χ1) is 23.2. The Morgan fingerprint density at radius 2 is 1.78 bits per heavy atom. The third kappa shape index (κ3) is 6.77. The summed E-state index contributed by atoms with van der Waals surface area (Å²) in [5, 5.41) is 0. The second-order valence-corrected chi connectivity index (χ2v) is 21.9. The quantitative estimate of drug-likeness (QED) is 0.0999. The van der Waals surface area contributed by atoms with Crippen molar-refractivity contribution in [2.45, 2.75) is 93.2 Å². The predicted octanol–water partition coefficient (Wildman–Crippen LogP) is 7.09. The Labute approximate surface area is 297 Å². The Morgan fingerprint density at radius 1 is 1.08 bits per heavy atom. The highest BCUT2D eigenvalue weighted by molar-refractivity contribution is 7.86. The van der Waals surface area contributed by atoms with E-state index in [0.717, 1.165) is 30.8 Å². The fraction of sp³-hybridized carbons (Fsp3) is 0.526. The van der Waals surface area contributed by atoms with Crippen LogP contribution in [-0.4, -0.2) is 76.1 Å². The number of aliphatic imine (C=N–C) groups is 1. The van der Waals surface area contributed by atoms with Crippen LogP contribution in [0.4, 0.5) is 0 Å². The number of nitrogens with zero attached hydrogens (tertiary/aromatic N) is 2. The number of alkyl halides is 1. The Kier molecular flexibility index (Phi) is 9.98. The molecule has 2 aliphatic heterocycles. The molecule has 4 aliphatic rings. The van der Waals surface area contributed by atoms with Gasteiger partial charge in [-0.05, 0) is 82.4 Å². The first-order valence-electron chi connectivity index (χ1n) is 17.3. The van der Waals surface area contributed by atoms with E-state index in [4.69, 9.17) is 29.9 Å². The van der Waals surface area contributed by atoms with Gasteiger partial charge in [-0.2, -0.15) is 8.42 Å². The Morgan fingerprint density at radius 3 is 2.43 bits per heavy atom. The van der Waals surface area contributed by atoms with Crippen molar-refractivity contribution in [2.24, 2.45) is 22.2 Å². The highest BCUT2D eigenvalue weighted by Crippen LogP contribution is 2.63. The van der Waals surface area contributed by atoms with Crippen molar-refractivity contribution >= 4 is 41.7 Å². The van der Waals surface area contributed by atoms with Gasteiger partial charge in [-0.1, -0.05) is 79.3 Å². The summed E-state index contributed by atoms with van der Waals surface area (Å²) >= 11 is 7.57. The third-order valence-corrected chi connectivity index (χ3v) is 13.7. The van der Waals surface area contributed by atoms with Gasteiger partial charge in [-0.3, -0.25) is 14.1 Å². The second kappa shape index (κ2) is 13.5. The van der Waals surface area contributed by atoms with E-state index in [9.17, 15) is 13.2 Å². The summed E-state index contributed by atoms with van der Waals surface area (Å²) < 4.78 is 45.5. The fourth-order valence-corrected chi connectivity index (χ4v) is 12.1. The van der Waals surface area contributed by atoms with Gasteiger partial charge in [0.25, 0.3) is 10.1 Å². The first-order valence-corrected chi connectivity index (χ1v) is 22.5. The molecule has 1 spiro atoms. The largest absolute Gasteiger partial charge is 0.467 e. The standard InChI is InChI=1S/C38H49ClN2O6SSi/c1-7-36(47-49(4,5)6,26-46-48(43,44)30-19-17-27(2)18-20-30)23-29-24-38(39,35(42)45-3)34-37(31-15-11-12-16-32(31)40-34)21-22-41(33(29)37)25-28-13-9-8-10-14-28/h8-20,29,31-33H,7,21-26H2,1-6H3/t29-,31?,32?,33+,36-,37-,38?/m0/s1. The van der Waals surface area contributed by atoms with Crippen molar-refractivity contribution in [2.75, 3.05) is 20.3 Å². The number of hydrogen-bond donors (Lipinski definition) is 0. The van der Waals surface area contributed by atoms with E-state index in [1.54, 1.807) is 24.3 Å². The summed E-state index contributed by atoms with van der Waals surface area (Å²) in [6, 6.07) is 16.9. The van der Waals surface area contributed by atoms with Crippen LogP contribution in [-0.2, 0) is 34.8 Å². The van der Waals surface area contributed by atoms with Crippen molar-refractivity contribution in [1.82, 2.24) is 4.90 Å². The van der Waals surface area contributed by atoms with Gasteiger partial charge < -0.3 is 9.16 Å². The molecule has 3 unspecified atom stereocenters. The molecule has 1 saturated heterocycles. The van der Waals surface area contributed by atoms with E-state index in [2.05, 4.69) is 67.0 Å². The minimum atomic E-state index is -4.07. The number of benzene rings is 2. The van der Waals surface area contributed by atoms with Crippen LogP contribution in [0.15, 0.2) is 88.8 Å². The third-order valence-electron chi connectivity index (χ3n) is 10.8. The molecule has 2 aromatic carbocycles. The summed E-state index contributed by atoms with van der Waals surface area (Å²) in [6.07, 6.45) is 10.5. The van der Waals surface area contributed by atoms with E-state index < -0.39 is 40.3 Å². The van der Waals surface area contributed by atoms with Gasteiger partial charge >= 0.3 is 5.97 Å². The van der Waals surface area contributed by atoms with Gasteiger partial charge in [0.1, 0.15) is 0 Å². The van der Waals surface area contributed by atoms with E-state index >= 15 is 0 Å². The molecule has 1 saturated carbocycles. The normalized spacial score (nSPS) is 30.6. The van der Waals surface area contributed by atoms with E-state index in [1.807, 2.05) is 26.0 Å². The zero-order chi connectivity index (χ0) is 35.2. The lowest BCUT2D eigenvalue weighted by atomic mass is 9.54. The molecule has 0 amide bonds. The Balaban J connectivity index is 1.45. The summed E-state index contributed by atoms with van der Waals surface area (Å²) in [6.45, 7) is 11.6. The zero-order valence-corrected chi connectivity index (χ0v) is 32.0. The SMILES string of the molecule is CC[C@@](COS(=O)(=O)c1ccc(C)cc1)(C[C@H]1CC(Cl)(C(=O)OC)C2=NC3C=CC=CC3[C@]23CCN(Cc2ccccc2)[C@H]13)O[Si](C)(C)C. The van der Waals surface area contributed by atoms with Crippen molar-refractivity contribution in [3.8, 4) is 0 Å². The molecule has 2 aromatic rings. The molecule has 49 heavy (non-hydrogen) atoms. The molecule has 8 nitrogen and oxygen atoms in total.